The molecule has 19 heavy (non-hydrogen) atoms. The maximum atomic E-state index is 13.0. The summed E-state index contributed by atoms with van der Waals surface area (Å²) in [7, 11) is -3.73. The Morgan fingerprint density at radius 1 is 1.11 bits per heavy atom. The summed E-state index contributed by atoms with van der Waals surface area (Å²) in [5.41, 5.74) is 6.36. The molecule has 100 valence electrons. The van der Waals surface area contributed by atoms with Gasteiger partial charge in [0, 0.05) is 6.54 Å². The first-order valence-electron chi connectivity index (χ1n) is 5.59. The molecule has 0 bridgehead atoms. The fourth-order valence-electron chi connectivity index (χ4n) is 1.61. The monoisotopic (exact) mass is 280 g/mol. The van der Waals surface area contributed by atoms with Crippen molar-refractivity contribution in [3.8, 4) is 0 Å². The molecule has 4 nitrogen and oxygen atoms in total. The molecular weight excluding hydrogens is 267 g/mol. The standard InChI is InChI=1S/C13H13FN2O2S/c14-11-4-2-5-12(8-11)16-19(17,18)13-6-1-3-10(7-13)9-15/h1-8,16H,9,15H2. The van der Waals surface area contributed by atoms with Crippen molar-refractivity contribution in [2.24, 2.45) is 5.73 Å². The van der Waals surface area contributed by atoms with E-state index in [1.54, 1.807) is 12.1 Å². The smallest absolute Gasteiger partial charge is 0.261 e. The first-order valence-corrected chi connectivity index (χ1v) is 7.07. The number of sulfonamides is 1. The quantitative estimate of drug-likeness (QED) is 0.900. The van der Waals surface area contributed by atoms with Crippen LogP contribution in [-0.2, 0) is 16.6 Å². The van der Waals surface area contributed by atoms with Crippen molar-refractivity contribution in [3.05, 3.63) is 59.9 Å². The Kier molecular flexibility index (Phi) is 3.82. The van der Waals surface area contributed by atoms with Gasteiger partial charge in [0.2, 0.25) is 0 Å². The van der Waals surface area contributed by atoms with E-state index in [1.807, 2.05) is 0 Å². The molecule has 0 saturated heterocycles. The molecule has 0 unspecified atom stereocenters. The van der Waals surface area contributed by atoms with Crippen molar-refractivity contribution in [1.29, 1.82) is 0 Å². The average molecular weight is 280 g/mol. The predicted molar refractivity (Wildman–Crippen MR) is 71.5 cm³/mol. The number of nitrogens with two attached hydrogens (primary N) is 1. The van der Waals surface area contributed by atoms with Crippen molar-refractivity contribution < 1.29 is 12.8 Å². The van der Waals surface area contributed by atoms with Gasteiger partial charge in [-0.2, -0.15) is 0 Å². The summed E-state index contributed by atoms with van der Waals surface area (Å²) < 4.78 is 39.5. The summed E-state index contributed by atoms with van der Waals surface area (Å²) in [4.78, 5) is 0.0970. The molecule has 0 aliphatic heterocycles. The molecule has 0 fully saturated rings. The molecule has 2 aromatic carbocycles. The molecule has 0 atom stereocenters. The minimum Gasteiger partial charge on any atom is -0.326 e. The van der Waals surface area contributed by atoms with Crippen molar-refractivity contribution in [3.63, 3.8) is 0 Å². The third kappa shape index (κ3) is 3.30. The van der Waals surface area contributed by atoms with Gasteiger partial charge in [0.1, 0.15) is 5.82 Å². The zero-order valence-corrected chi connectivity index (χ0v) is 10.8. The van der Waals surface area contributed by atoms with Crippen LogP contribution >= 0.6 is 0 Å². The molecule has 0 aromatic heterocycles. The van der Waals surface area contributed by atoms with Crippen LogP contribution in [-0.4, -0.2) is 8.42 Å². The Hall–Kier alpha value is -1.92. The van der Waals surface area contributed by atoms with E-state index < -0.39 is 15.8 Å². The van der Waals surface area contributed by atoms with Crippen LogP contribution in [0.25, 0.3) is 0 Å². The van der Waals surface area contributed by atoms with Gasteiger partial charge >= 0.3 is 0 Å². The van der Waals surface area contributed by atoms with Crippen LogP contribution in [0.4, 0.5) is 10.1 Å². The largest absolute Gasteiger partial charge is 0.326 e. The molecule has 0 heterocycles. The van der Waals surface area contributed by atoms with Gasteiger partial charge in [-0.3, -0.25) is 4.72 Å². The van der Waals surface area contributed by atoms with E-state index in [0.717, 1.165) is 6.07 Å². The Bertz CT molecular complexity index is 687. The lowest BCUT2D eigenvalue weighted by Crippen LogP contribution is -2.13. The van der Waals surface area contributed by atoms with Crippen molar-refractivity contribution in [1.82, 2.24) is 0 Å². The second-order valence-electron chi connectivity index (χ2n) is 3.97. The summed E-state index contributed by atoms with van der Waals surface area (Å²) in [5.74, 6) is -0.504. The molecule has 0 spiro atoms. The van der Waals surface area contributed by atoms with E-state index in [4.69, 9.17) is 5.73 Å². The highest BCUT2D eigenvalue weighted by Gasteiger charge is 2.14. The third-order valence-electron chi connectivity index (χ3n) is 2.52. The molecule has 0 saturated carbocycles. The molecule has 0 radical (unpaired) electrons. The second kappa shape index (κ2) is 5.38. The molecule has 6 heteroatoms. The van der Waals surface area contributed by atoms with Crippen molar-refractivity contribution in [2.45, 2.75) is 11.4 Å². The molecule has 3 N–H and O–H groups in total. The minimum absolute atomic E-state index is 0.0970. The highest BCUT2D eigenvalue weighted by atomic mass is 32.2. The number of nitrogens with one attached hydrogen (secondary N) is 1. The SMILES string of the molecule is NCc1cccc(S(=O)(=O)Nc2cccc(F)c2)c1. The maximum absolute atomic E-state index is 13.0. The summed E-state index contributed by atoms with van der Waals surface area (Å²) in [5, 5.41) is 0. The summed E-state index contributed by atoms with van der Waals surface area (Å²) in [6.07, 6.45) is 0. The third-order valence-corrected chi connectivity index (χ3v) is 3.90. The van der Waals surface area contributed by atoms with Gasteiger partial charge in [-0.15, -0.1) is 0 Å². The topological polar surface area (TPSA) is 72.2 Å². The summed E-state index contributed by atoms with van der Waals surface area (Å²) >= 11 is 0. The minimum atomic E-state index is -3.73. The zero-order valence-electron chi connectivity index (χ0n) is 10.0. The van der Waals surface area contributed by atoms with Gasteiger partial charge in [0.25, 0.3) is 10.0 Å². The summed E-state index contributed by atoms with van der Waals surface area (Å²) in [6.45, 7) is 0.253. The van der Waals surface area contributed by atoms with E-state index in [1.165, 1.54) is 30.3 Å². The molecule has 0 aliphatic carbocycles. The van der Waals surface area contributed by atoms with E-state index in [0.29, 0.717) is 5.56 Å². The van der Waals surface area contributed by atoms with E-state index in [9.17, 15) is 12.8 Å². The van der Waals surface area contributed by atoms with Gasteiger partial charge < -0.3 is 5.73 Å². The highest BCUT2D eigenvalue weighted by Crippen LogP contribution is 2.17. The zero-order chi connectivity index (χ0) is 13.9. The number of hydrogen-bond acceptors (Lipinski definition) is 3. The fourth-order valence-corrected chi connectivity index (χ4v) is 2.73. The number of rotatable bonds is 4. The van der Waals surface area contributed by atoms with Crippen molar-refractivity contribution in [2.75, 3.05) is 4.72 Å². The molecule has 2 rings (SSSR count). The maximum Gasteiger partial charge on any atom is 0.261 e. The molecule has 2 aromatic rings. The Morgan fingerprint density at radius 3 is 2.53 bits per heavy atom. The van der Waals surface area contributed by atoms with Crippen LogP contribution in [0.5, 0.6) is 0 Å². The predicted octanol–water partition coefficient (Wildman–Crippen LogP) is 2.09. The average Bonchev–Trinajstić information content (AvgIpc) is 2.38. The Morgan fingerprint density at radius 2 is 1.84 bits per heavy atom. The number of benzene rings is 2. The lowest BCUT2D eigenvalue weighted by molar-refractivity contribution is 0.601. The number of anilines is 1. The summed E-state index contributed by atoms with van der Waals surface area (Å²) in [6, 6.07) is 11.6. The van der Waals surface area contributed by atoms with Crippen molar-refractivity contribution >= 4 is 15.7 Å². The Labute approximate surface area is 111 Å². The highest BCUT2D eigenvalue weighted by molar-refractivity contribution is 7.92. The van der Waals surface area contributed by atoms with Crippen LogP contribution < -0.4 is 10.5 Å². The van der Waals surface area contributed by atoms with E-state index in [2.05, 4.69) is 4.72 Å². The van der Waals surface area contributed by atoms with Crippen LogP contribution in [0.3, 0.4) is 0 Å². The van der Waals surface area contributed by atoms with Crippen LogP contribution in [0.2, 0.25) is 0 Å². The first-order chi connectivity index (χ1) is 9.01. The number of halogens is 1. The van der Waals surface area contributed by atoms with Gasteiger partial charge in [0.05, 0.1) is 10.6 Å². The van der Waals surface area contributed by atoms with Gasteiger partial charge in [-0.25, -0.2) is 12.8 Å². The molecule has 0 aliphatic rings. The Balaban J connectivity index is 2.32. The normalized spacial score (nSPS) is 11.3. The van der Waals surface area contributed by atoms with Crippen LogP contribution in [0.1, 0.15) is 5.56 Å². The van der Waals surface area contributed by atoms with Gasteiger partial charge in [0.15, 0.2) is 0 Å². The second-order valence-corrected chi connectivity index (χ2v) is 5.65. The molecule has 0 amide bonds. The first kappa shape index (κ1) is 13.5. The number of hydrogen-bond donors (Lipinski definition) is 2. The van der Waals surface area contributed by atoms with Crippen LogP contribution in [0, 0.1) is 5.82 Å². The lowest BCUT2D eigenvalue weighted by atomic mass is 10.2. The van der Waals surface area contributed by atoms with E-state index >= 15 is 0 Å². The van der Waals surface area contributed by atoms with Gasteiger partial charge in [-0.1, -0.05) is 18.2 Å². The fraction of sp³-hybridized carbons (Fsp3) is 0.0769. The molecular formula is C13H13FN2O2S. The van der Waals surface area contributed by atoms with E-state index in [-0.39, 0.29) is 17.1 Å². The lowest BCUT2D eigenvalue weighted by Gasteiger charge is -2.09. The van der Waals surface area contributed by atoms with Gasteiger partial charge in [-0.05, 0) is 35.9 Å². The van der Waals surface area contributed by atoms with Crippen LogP contribution in [0.15, 0.2) is 53.4 Å².